The summed E-state index contributed by atoms with van der Waals surface area (Å²) >= 11 is 0. The third-order valence-corrected chi connectivity index (χ3v) is 4.86. The molecule has 0 saturated carbocycles. The standard InChI is InChI=1S/C18H19N3O4/c1-2-11-3-4-15-13(9-11)14(10-24-15)17(22)21-7-5-12(6-8-21)16-19-20-18(23)25-16/h3-4,9-10,12H,2,5-8H2,1H3,(H,20,23). The lowest BCUT2D eigenvalue weighted by atomic mass is 9.96. The molecule has 4 rings (SSSR count). The molecule has 7 nitrogen and oxygen atoms in total. The lowest BCUT2D eigenvalue weighted by molar-refractivity contribution is 0.0707. The fourth-order valence-electron chi connectivity index (χ4n) is 3.38. The van der Waals surface area contributed by atoms with Crippen LogP contribution in [0.2, 0.25) is 0 Å². The van der Waals surface area contributed by atoms with Crippen LogP contribution >= 0.6 is 0 Å². The Hall–Kier alpha value is -2.83. The van der Waals surface area contributed by atoms with E-state index in [-0.39, 0.29) is 11.8 Å². The molecule has 7 heteroatoms. The van der Waals surface area contributed by atoms with Crippen molar-refractivity contribution in [1.82, 2.24) is 15.1 Å². The number of carbonyl (C=O) groups excluding carboxylic acids is 1. The van der Waals surface area contributed by atoms with Gasteiger partial charge in [0.15, 0.2) is 0 Å². The number of hydrogen-bond donors (Lipinski definition) is 1. The highest BCUT2D eigenvalue weighted by atomic mass is 16.4. The maximum Gasteiger partial charge on any atom is 0.434 e. The van der Waals surface area contributed by atoms with Gasteiger partial charge in [-0.25, -0.2) is 9.89 Å². The van der Waals surface area contributed by atoms with E-state index in [0.29, 0.717) is 24.5 Å². The number of nitrogens with one attached hydrogen (secondary N) is 1. The zero-order valence-electron chi connectivity index (χ0n) is 13.9. The summed E-state index contributed by atoms with van der Waals surface area (Å²) in [5, 5.41) is 7.05. The monoisotopic (exact) mass is 341 g/mol. The van der Waals surface area contributed by atoms with Gasteiger partial charge >= 0.3 is 5.76 Å². The van der Waals surface area contributed by atoms with Gasteiger partial charge in [-0.05, 0) is 37.0 Å². The number of furan rings is 1. The lowest BCUT2D eigenvalue weighted by Gasteiger charge is -2.30. The van der Waals surface area contributed by atoms with Crippen LogP contribution in [0.15, 0.2) is 38.1 Å². The molecule has 1 aromatic carbocycles. The van der Waals surface area contributed by atoms with Gasteiger partial charge in [-0.15, -0.1) is 5.10 Å². The van der Waals surface area contributed by atoms with Crippen LogP contribution in [0, 0.1) is 0 Å². The molecule has 0 unspecified atom stereocenters. The molecule has 0 bridgehead atoms. The lowest BCUT2D eigenvalue weighted by Crippen LogP contribution is -2.37. The second kappa shape index (κ2) is 6.23. The maximum absolute atomic E-state index is 12.9. The molecule has 1 aliphatic heterocycles. The molecule has 1 N–H and O–H groups in total. The first kappa shape index (κ1) is 15.7. The van der Waals surface area contributed by atoms with Gasteiger partial charge in [-0.1, -0.05) is 13.0 Å². The van der Waals surface area contributed by atoms with Gasteiger partial charge in [-0.3, -0.25) is 4.79 Å². The Morgan fingerprint density at radius 3 is 2.84 bits per heavy atom. The van der Waals surface area contributed by atoms with E-state index in [9.17, 15) is 9.59 Å². The van der Waals surface area contributed by atoms with Crippen LogP contribution in [0.3, 0.4) is 0 Å². The number of piperidine rings is 1. The van der Waals surface area contributed by atoms with Crippen molar-refractivity contribution >= 4 is 16.9 Å². The number of fused-ring (bicyclic) bond motifs is 1. The number of rotatable bonds is 3. The number of aromatic amines is 1. The number of amides is 1. The molecule has 0 spiro atoms. The van der Waals surface area contributed by atoms with Gasteiger partial charge in [0.05, 0.1) is 5.56 Å². The summed E-state index contributed by atoms with van der Waals surface area (Å²) in [6, 6.07) is 5.96. The van der Waals surface area contributed by atoms with Gasteiger partial charge in [0.1, 0.15) is 11.8 Å². The number of carbonyl (C=O) groups is 1. The average molecular weight is 341 g/mol. The second-order valence-corrected chi connectivity index (χ2v) is 6.35. The molecule has 0 aliphatic carbocycles. The van der Waals surface area contributed by atoms with Crippen LogP contribution in [-0.2, 0) is 6.42 Å². The van der Waals surface area contributed by atoms with E-state index in [0.717, 1.165) is 30.2 Å². The predicted molar refractivity (Wildman–Crippen MR) is 90.6 cm³/mol. The van der Waals surface area contributed by atoms with Crippen LogP contribution in [0.25, 0.3) is 11.0 Å². The summed E-state index contributed by atoms with van der Waals surface area (Å²) in [7, 11) is 0. The molecule has 0 atom stereocenters. The average Bonchev–Trinajstić information content (AvgIpc) is 3.27. The van der Waals surface area contributed by atoms with Crippen molar-refractivity contribution in [2.75, 3.05) is 13.1 Å². The smallest absolute Gasteiger partial charge is 0.434 e. The first-order valence-electron chi connectivity index (χ1n) is 8.50. The van der Waals surface area contributed by atoms with E-state index in [1.807, 2.05) is 23.1 Å². The first-order valence-corrected chi connectivity index (χ1v) is 8.50. The highest BCUT2D eigenvalue weighted by Crippen LogP contribution is 2.29. The minimum atomic E-state index is -0.537. The summed E-state index contributed by atoms with van der Waals surface area (Å²) in [6.07, 6.45) is 3.89. The quantitative estimate of drug-likeness (QED) is 0.791. The van der Waals surface area contributed by atoms with Crippen molar-refractivity contribution in [1.29, 1.82) is 0 Å². The molecule has 1 amide bonds. The summed E-state index contributed by atoms with van der Waals surface area (Å²) in [6.45, 7) is 3.28. The van der Waals surface area contributed by atoms with Gasteiger partial charge in [-0.2, -0.15) is 0 Å². The highest BCUT2D eigenvalue weighted by Gasteiger charge is 2.28. The van der Waals surface area contributed by atoms with Crippen molar-refractivity contribution in [3.8, 4) is 0 Å². The number of aromatic nitrogens is 2. The molecule has 0 radical (unpaired) electrons. The highest BCUT2D eigenvalue weighted by molar-refractivity contribution is 6.06. The molecular weight excluding hydrogens is 322 g/mol. The molecule has 3 heterocycles. The van der Waals surface area contributed by atoms with Crippen molar-refractivity contribution in [2.24, 2.45) is 0 Å². The molecule has 130 valence electrons. The maximum atomic E-state index is 12.9. The number of aryl methyl sites for hydroxylation is 1. The van der Waals surface area contributed by atoms with Crippen molar-refractivity contribution < 1.29 is 13.6 Å². The zero-order chi connectivity index (χ0) is 17.4. The molecule has 25 heavy (non-hydrogen) atoms. The van der Waals surface area contributed by atoms with Crippen molar-refractivity contribution in [2.45, 2.75) is 32.1 Å². The van der Waals surface area contributed by atoms with E-state index in [4.69, 9.17) is 8.83 Å². The Morgan fingerprint density at radius 2 is 2.16 bits per heavy atom. The van der Waals surface area contributed by atoms with Crippen LogP contribution in [-0.4, -0.2) is 34.1 Å². The van der Waals surface area contributed by atoms with Gasteiger partial charge < -0.3 is 13.7 Å². The Morgan fingerprint density at radius 1 is 1.36 bits per heavy atom. The number of hydrogen-bond acceptors (Lipinski definition) is 5. The SMILES string of the molecule is CCc1ccc2occ(C(=O)N3CCC(c4n[nH]c(=O)o4)CC3)c2c1. The number of H-pyrrole nitrogens is 1. The van der Waals surface area contributed by atoms with Crippen LogP contribution in [0.5, 0.6) is 0 Å². The van der Waals surface area contributed by atoms with Crippen molar-refractivity contribution in [3.63, 3.8) is 0 Å². The largest absolute Gasteiger partial charge is 0.463 e. The van der Waals surface area contributed by atoms with Crippen LogP contribution in [0.1, 0.15) is 47.5 Å². The van der Waals surface area contributed by atoms with Crippen molar-refractivity contribution in [3.05, 3.63) is 52.0 Å². The van der Waals surface area contributed by atoms with Gasteiger partial charge in [0, 0.05) is 24.4 Å². The van der Waals surface area contributed by atoms with Crippen LogP contribution < -0.4 is 5.76 Å². The number of likely N-dealkylation sites (tertiary alicyclic amines) is 1. The summed E-state index contributed by atoms with van der Waals surface area (Å²) in [5.41, 5.74) is 2.51. The fourth-order valence-corrected chi connectivity index (χ4v) is 3.38. The van der Waals surface area contributed by atoms with E-state index in [1.165, 1.54) is 5.56 Å². The molecule has 2 aromatic heterocycles. The Bertz CT molecular complexity index is 960. The summed E-state index contributed by atoms with van der Waals surface area (Å²) < 4.78 is 10.6. The minimum absolute atomic E-state index is 0.0195. The molecule has 1 aliphatic rings. The third kappa shape index (κ3) is 2.86. The summed E-state index contributed by atoms with van der Waals surface area (Å²) in [5.74, 6) is -0.0618. The van der Waals surface area contributed by atoms with E-state index in [2.05, 4.69) is 17.1 Å². The minimum Gasteiger partial charge on any atom is -0.463 e. The Labute approximate surface area is 143 Å². The van der Waals surface area contributed by atoms with Gasteiger partial charge in [0.25, 0.3) is 5.91 Å². The first-order chi connectivity index (χ1) is 12.2. The van der Waals surface area contributed by atoms with Gasteiger partial charge in [0.2, 0.25) is 5.89 Å². The third-order valence-electron chi connectivity index (χ3n) is 4.86. The fraction of sp³-hybridized carbons (Fsp3) is 0.389. The Balaban J connectivity index is 1.51. The zero-order valence-corrected chi connectivity index (χ0v) is 13.9. The molecule has 1 saturated heterocycles. The molecular formula is C18H19N3O4. The predicted octanol–water partition coefficient (Wildman–Crippen LogP) is 2.69. The Kier molecular flexibility index (Phi) is 3.91. The molecule has 3 aromatic rings. The molecule has 1 fully saturated rings. The number of benzene rings is 1. The van der Waals surface area contributed by atoms with Crippen LogP contribution in [0.4, 0.5) is 0 Å². The normalized spacial score (nSPS) is 15.8. The van der Waals surface area contributed by atoms with E-state index < -0.39 is 5.76 Å². The van der Waals surface area contributed by atoms with E-state index in [1.54, 1.807) is 6.26 Å². The topological polar surface area (TPSA) is 92.3 Å². The van der Waals surface area contributed by atoms with E-state index >= 15 is 0 Å². The second-order valence-electron chi connectivity index (χ2n) is 6.35. The summed E-state index contributed by atoms with van der Waals surface area (Å²) in [4.78, 5) is 25.8. The number of nitrogens with zero attached hydrogens (tertiary/aromatic N) is 2.